The van der Waals surface area contributed by atoms with Gasteiger partial charge in [-0.3, -0.25) is 9.69 Å². The van der Waals surface area contributed by atoms with Gasteiger partial charge in [0.2, 0.25) is 0 Å². The molecule has 72 valence electrons. The van der Waals surface area contributed by atoms with Crippen LogP contribution < -0.4 is 0 Å². The Morgan fingerprint density at radius 2 is 2.38 bits per heavy atom. The molecular formula is C10H15NO2. The first-order valence-corrected chi connectivity index (χ1v) is 5.09. The van der Waals surface area contributed by atoms with E-state index in [9.17, 15) is 4.79 Å². The summed E-state index contributed by atoms with van der Waals surface area (Å²) in [7, 11) is 2.20. The summed E-state index contributed by atoms with van der Waals surface area (Å²) in [5.41, 5.74) is 0.558. The summed E-state index contributed by atoms with van der Waals surface area (Å²) >= 11 is 0. The second-order valence-corrected chi connectivity index (χ2v) is 4.76. The molecule has 0 aromatic rings. The minimum atomic E-state index is 0.204. The van der Waals surface area contributed by atoms with Crippen molar-refractivity contribution in [2.45, 2.75) is 43.9 Å². The third-order valence-electron chi connectivity index (χ3n) is 4.54. The monoisotopic (exact) mass is 181 g/mol. The summed E-state index contributed by atoms with van der Waals surface area (Å²) in [5.74, 6) is 0. The van der Waals surface area contributed by atoms with Crippen LogP contribution in [0.25, 0.3) is 0 Å². The van der Waals surface area contributed by atoms with Crippen LogP contribution in [0.5, 0.6) is 0 Å². The fraction of sp³-hybridized carbons (Fsp3) is 0.900. The molecule has 0 aromatic heterocycles. The quantitative estimate of drug-likeness (QED) is 0.590. The standard InChI is InChI=1S/C10H15NO2/c1-11-8-2-3-10(8)5-7(13-6-12)4-9(10)11/h6-9H,2-5H2,1H3. The van der Waals surface area contributed by atoms with Gasteiger partial charge in [-0.1, -0.05) is 0 Å². The maximum Gasteiger partial charge on any atom is 0.293 e. The fourth-order valence-electron chi connectivity index (χ4n) is 3.90. The molecule has 3 fully saturated rings. The second-order valence-electron chi connectivity index (χ2n) is 4.76. The highest BCUT2D eigenvalue weighted by molar-refractivity contribution is 5.38. The van der Waals surface area contributed by atoms with Crippen LogP contribution in [0.3, 0.4) is 0 Å². The average Bonchev–Trinajstić information content (AvgIpc) is 2.43. The number of rotatable bonds is 2. The molecule has 4 atom stereocenters. The van der Waals surface area contributed by atoms with Crippen molar-refractivity contribution >= 4 is 6.47 Å². The lowest BCUT2D eigenvalue weighted by molar-refractivity contribution is -0.174. The van der Waals surface area contributed by atoms with Gasteiger partial charge in [-0.05, 0) is 26.3 Å². The van der Waals surface area contributed by atoms with Gasteiger partial charge in [-0.25, -0.2) is 0 Å². The molecule has 3 heteroatoms. The summed E-state index contributed by atoms with van der Waals surface area (Å²) < 4.78 is 5.07. The van der Waals surface area contributed by atoms with E-state index in [1.807, 2.05) is 0 Å². The molecule has 0 bridgehead atoms. The number of ether oxygens (including phenoxy) is 1. The van der Waals surface area contributed by atoms with Gasteiger partial charge in [-0.15, -0.1) is 0 Å². The van der Waals surface area contributed by atoms with Gasteiger partial charge >= 0.3 is 0 Å². The third-order valence-corrected chi connectivity index (χ3v) is 4.54. The molecule has 2 saturated carbocycles. The first kappa shape index (κ1) is 7.80. The van der Waals surface area contributed by atoms with Gasteiger partial charge < -0.3 is 4.74 Å². The highest BCUT2D eigenvalue weighted by Crippen LogP contribution is 2.64. The van der Waals surface area contributed by atoms with Gasteiger partial charge in [0.05, 0.1) is 0 Å². The zero-order valence-corrected chi connectivity index (χ0v) is 7.90. The first-order chi connectivity index (χ1) is 6.28. The fourth-order valence-corrected chi connectivity index (χ4v) is 3.90. The van der Waals surface area contributed by atoms with Crippen LogP contribution in [0.2, 0.25) is 0 Å². The molecule has 4 unspecified atom stereocenters. The van der Waals surface area contributed by atoms with Crippen molar-refractivity contribution in [1.82, 2.24) is 4.90 Å². The molecule has 0 aromatic carbocycles. The van der Waals surface area contributed by atoms with E-state index in [2.05, 4.69) is 11.9 Å². The predicted octanol–water partition coefficient (Wildman–Crippen LogP) is 0.785. The van der Waals surface area contributed by atoms with E-state index >= 15 is 0 Å². The molecule has 3 aliphatic rings. The average molecular weight is 181 g/mol. The van der Waals surface area contributed by atoms with E-state index in [1.165, 1.54) is 12.8 Å². The SMILES string of the molecule is CN1C2CCC23CC(OC=O)CC13. The van der Waals surface area contributed by atoms with Crippen molar-refractivity contribution < 1.29 is 9.53 Å². The van der Waals surface area contributed by atoms with Gasteiger partial charge in [0, 0.05) is 23.9 Å². The molecule has 0 amide bonds. The smallest absolute Gasteiger partial charge is 0.293 e. The van der Waals surface area contributed by atoms with Crippen LogP contribution in [0.1, 0.15) is 25.7 Å². The molecule has 0 N–H and O–H groups in total. The minimum absolute atomic E-state index is 0.204. The maximum atomic E-state index is 10.2. The minimum Gasteiger partial charge on any atom is -0.465 e. The zero-order valence-electron chi connectivity index (χ0n) is 7.90. The lowest BCUT2D eigenvalue weighted by Gasteiger charge is -2.67. The third kappa shape index (κ3) is 0.725. The Labute approximate surface area is 78.0 Å². The number of piperidine rings is 1. The van der Waals surface area contributed by atoms with Gasteiger partial charge in [0.25, 0.3) is 6.47 Å². The normalized spacial score (nSPS) is 52.8. The molecule has 1 spiro atoms. The van der Waals surface area contributed by atoms with E-state index in [0.29, 0.717) is 17.9 Å². The van der Waals surface area contributed by atoms with Gasteiger partial charge in [0.15, 0.2) is 0 Å². The van der Waals surface area contributed by atoms with Crippen LogP contribution in [0.4, 0.5) is 0 Å². The van der Waals surface area contributed by atoms with Crippen LogP contribution in [-0.4, -0.2) is 36.6 Å². The van der Waals surface area contributed by atoms with Crippen molar-refractivity contribution in [3.63, 3.8) is 0 Å². The molecule has 13 heavy (non-hydrogen) atoms. The molecule has 3 nitrogen and oxygen atoms in total. The van der Waals surface area contributed by atoms with Crippen LogP contribution >= 0.6 is 0 Å². The largest absolute Gasteiger partial charge is 0.465 e. The molecule has 0 radical (unpaired) electrons. The number of carbonyl (C=O) groups is 1. The predicted molar refractivity (Wildman–Crippen MR) is 47.2 cm³/mol. The Kier molecular flexibility index (Phi) is 1.36. The Bertz CT molecular complexity index is 255. The Morgan fingerprint density at radius 1 is 1.54 bits per heavy atom. The Balaban J connectivity index is 1.76. The summed E-state index contributed by atoms with van der Waals surface area (Å²) in [6.45, 7) is 0.611. The van der Waals surface area contributed by atoms with Gasteiger partial charge in [0.1, 0.15) is 6.10 Å². The van der Waals surface area contributed by atoms with Crippen LogP contribution in [0, 0.1) is 5.41 Å². The van der Waals surface area contributed by atoms with Crippen LogP contribution in [-0.2, 0) is 9.53 Å². The molecule has 3 rings (SSSR count). The molecule has 2 aliphatic carbocycles. The molecule has 1 heterocycles. The first-order valence-electron chi connectivity index (χ1n) is 5.09. The van der Waals surface area contributed by atoms with Crippen molar-refractivity contribution in [1.29, 1.82) is 0 Å². The number of nitrogens with zero attached hydrogens (tertiary/aromatic N) is 1. The highest BCUT2D eigenvalue weighted by atomic mass is 16.5. The van der Waals surface area contributed by atoms with E-state index in [4.69, 9.17) is 4.74 Å². The summed E-state index contributed by atoms with van der Waals surface area (Å²) in [6, 6.07) is 1.51. The molecular weight excluding hydrogens is 166 g/mol. The van der Waals surface area contributed by atoms with E-state index in [1.54, 1.807) is 0 Å². The zero-order chi connectivity index (χ0) is 9.05. The number of carbonyl (C=O) groups excluding carboxylic acids is 1. The van der Waals surface area contributed by atoms with Crippen molar-refractivity contribution in [3.8, 4) is 0 Å². The number of hydrogen-bond donors (Lipinski definition) is 0. The van der Waals surface area contributed by atoms with Crippen LogP contribution in [0.15, 0.2) is 0 Å². The molecule has 1 saturated heterocycles. The lowest BCUT2D eigenvalue weighted by atomic mass is 9.54. The summed E-state index contributed by atoms with van der Waals surface area (Å²) in [5, 5.41) is 0. The van der Waals surface area contributed by atoms with Gasteiger partial charge in [-0.2, -0.15) is 0 Å². The van der Waals surface area contributed by atoms with E-state index < -0.39 is 0 Å². The Morgan fingerprint density at radius 3 is 2.92 bits per heavy atom. The highest BCUT2D eigenvalue weighted by Gasteiger charge is 2.68. The second kappa shape index (κ2) is 2.27. The Hall–Kier alpha value is -0.570. The van der Waals surface area contributed by atoms with E-state index in [0.717, 1.165) is 18.9 Å². The van der Waals surface area contributed by atoms with Crippen molar-refractivity contribution in [2.24, 2.45) is 5.41 Å². The molecule has 1 aliphatic heterocycles. The lowest BCUT2D eigenvalue weighted by Crippen LogP contribution is -2.73. The van der Waals surface area contributed by atoms with Crippen molar-refractivity contribution in [2.75, 3.05) is 7.05 Å². The topological polar surface area (TPSA) is 29.5 Å². The van der Waals surface area contributed by atoms with E-state index in [-0.39, 0.29) is 6.10 Å². The van der Waals surface area contributed by atoms with Crippen molar-refractivity contribution in [3.05, 3.63) is 0 Å². The number of likely N-dealkylation sites (tertiary alicyclic amines) is 1. The summed E-state index contributed by atoms with van der Waals surface area (Å²) in [6.07, 6.45) is 5.08. The maximum absolute atomic E-state index is 10.2. The summed E-state index contributed by atoms with van der Waals surface area (Å²) in [4.78, 5) is 12.7. The number of hydrogen-bond acceptors (Lipinski definition) is 3.